The minimum Gasteiger partial charge on any atom is -0.423 e. The summed E-state index contributed by atoms with van der Waals surface area (Å²) in [6.45, 7) is -0.772. The number of hydrogen-bond donors (Lipinski definition) is 6. The minimum absolute atomic E-state index is 0.319. The van der Waals surface area contributed by atoms with Gasteiger partial charge in [0.2, 0.25) is 5.91 Å². The van der Waals surface area contributed by atoms with Gasteiger partial charge in [-0.05, 0) is 49.4 Å². The van der Waals surface area contributed by atoms with E-state index in [1.165, 1.54) is 10.7 Å². The number of alkyl halides is 1. The Bertz CT molecular complexity index is 1290. The number of halogens is 1. The van der Waals surface area contributed by atoms with Crippen LogP contribution in [0.3, 0.4) is 0 Å². The van der Waals surface area contributed by atoms with Crippen LogP contribution < -0.4 is 10.9 Å². The zero-order valence-corrected chi connectivity index (χ0v) is 21.3. The molecule has 2 heterocycles. The molecular formula is C23H27IN4O8. The fourth-order valence-electron chi connectivity index (χ4n) is 4.35. The number of amides is 1. The smallest absolute Gasteiger partial charge is 0.336 e. The molecule has 2 aromatic heterocycles. The van der Waals surface area contributed by atoms with Gasteiger partial charge in [-0.25, -0.2) is 9.48 Å². The Morgan fingerprint density at radius 1 is 1.14 bits per heavy atom. The predicted molar refractivity (Wildman–Crippen MR) is 135 cm³/mol. The summed E-state index contributed by atoms with van der Waals surface area (Å²) in [6, 6.07) is 5.19. The van der Waals surface area contributed by atoms with Gasteiger partial charge in [-0.1, -0.05) is 27.8 Å². The van der Waals surface area contributed by atoms with E-state index in [-0.39, 0.29) is 6.54 Å². The molecule has 2 unspecified atom stereocenters. The number of aryl methyl sites for hydroxylation is 1. The van der Waals surface area contributed by atoms with Gasteiger partial charge in [0.1, 0.15) is 30.0 Å². The Labute approximate surface area is 218 Å². The number of aromatic nitrogens is 3. The van der Waals surface area contributed by atoms with Crippen LogP contribution in [-0.2, 0) is 24.2 Å². The third kappa shape index (κ3) is 5.60. The lowest BCUT2D eigenvalue weighted by Crippen LogP contribution is -2.57. The van der Waals surface area contributed by atoms with Crippen molar-refractivity contribution in [2.75, 3.05) is 6.61 Å². The first kappa shape index (κ1) is 26.6. The molecule has 13 heteroatoms. The summed E-state index contributed by atoms with van der Waals surface area (Å²) >= 11 is 1.71. The van der Waals surface area contributed by atoms with Gasteiger partial charge < -0.3 is 35.3 Å². The first-order valence-electron chi connectivity index (χ1n) is 11.5. The Morgan fingerprint density at radius 3 is 2.61 bits per heavy atom. The maximum Gasteiger partial charge on any atom is 0.336 e. The van der Waals surface area contributed by atoms with Crippen molar-refractivity contribution in [1.29, 1.82) is 0 Å². The van der Waals surface area contributed by atoms with Gasteiger partial charge in [0.05, 0.1) is 22.3 Å². The van der Waals surface area contributed by atoms with Gasteiger partial charge in [0.15, 0.2) is 6.29 Å². The summed E-state index contributed by atoms with van der Waals surface area (Å²) < 4.78 is 5.96. The summed E-state index contributed by atoms with van der Waals surface area (Å²) in [6.07, 6.45) is -2.31. The van der Waals surface area contributed by atoms with E-state index in [4.69, 9.17) is 4.42 Å². The molecule has 0 aliphatic heterocycles. The van der Waals surface area contributed by atoms with Crippen molar-refractivity contribution in [2.24, 2.45) is 0 Å². The zero-order chi connectivity index (χ0) is 26.0. The molecule has 1 amide bonds. The Hall–Kier alpha value is -2.43. The second-order valence-corrected chi connectivity index (χ2v) is 10.3. The molecule has 0 saturated heterocycles. The van der Waals surface area contributed by atoms with E-state index in [9.17, 15) is 35.1 Å². The second kappa shape index (κ2) is 11.3. The molecule has 0 bridgehead atoms. The van der Waals surface area contributed by atoms with Gasteiger partial charge in [-0.15, -0.1) is 5.10 Å². The van der Waals surface area contributed by atoms with Gasteiger partial charge in [-0.2, -0.15) is 0 Å². The monoisotopic (exact) mass is 614 g/mol. The second-order valence-electron chi connectivity index (χ2n) is 8.74. The first-order chi connectivity index (χ1) is 17.2. The average molecular weight is 614 g/mol. The van der Waals surface area contributed by atoms with Crippen LogP contribution in [0.2, 0.25) is 0 Å². The summed E-state index contributed by atoms with van der Waals surface area (Å²) in [5.74, 6) is -0.687. The predicted octanol–water partition coefficient (Wildman–Crippen LogP) is -0.757. The molecule has 1 aliphatic carbocycles. The summed E-state index contributed by atoms with van der Waals surface area (Å²) in [5.41, 5.74) is 3.00. The Kier molecular flexibility index (Phi) is 8.37. The van der Waals surface area contributed by atoms with Crippen molar-refractivity contribution in [1.82, 2.24) is 20.3 Å². The van der Waals surface area contributed by atoms with Crippen LogP contribution in [0.4, 0.5) is 0 Å². The van der Waals surface area contributed by atoms with Crippen molar-refractivity contribution < 1.29 is 34.7 Å². The SMILES string of the molecule is O=C(Cn1nnc2c1CCCCc1cc3ccc(=O)oc3cc1-2)N[C@@H](C(O)O)C(O)[C@H](O)C(I)CO. The molecule has 6 N–H and O–H groups in total. The molecule has 194 valence electrons. The number of carbonyl (C=O) groups is 1. The first-order valence-corrected chi connectivity index (χ1v) is 12.7. The number of fused-ring (bicyclic) bond motifs is 4. The normalized spacial score (nSPS) is 17.0. The number of carbonyl (C=O) groups excluding carboxylic acids is 1. The van der Waals surface area contributed by atoms with Crippen LogP contribution in [-0.4, -0.2) is 81.5 Å². The Balaban J connectivity index is 1.60. The summed E-state index contributed by atoms with van der Waals surface area (Å²) in [7, 11) is 0. The molecular weight excluding hydrogens is 587 g/mol. The van der Waals surface area contributed by atoms with Crippen LogP contribution >= 0.6 is 22.6 Å². The maximum atomic E-state index is 12.8. The molecule has 1 aromatic carbocycles. The number of nitrogens with zero attached hydrogens (tertiary/aromatic N) is 3. The van der Waals surface area contributed by atoms with Crippen LogP contribution in [0.25, 0.3) is 22.2 Å². The highest BCUT2D eigenvalue weighted by Crippen LogP contribution is 2.33. The number of rotatable bonds is 8. The summed E-state index contributed by atoms with van der Waals surface area (Å²) in [5, 5.41) is 60.6. The number of hydrogen-bond acceptors (Lipinski definition) is 10. The number of aliphatic hydroxyl groups excluding tert-OH is 4. The van der Waals surface area contributed by atoms with Crippen molar-refractivity contribution >= 4 is 39.5 Å². The van der Waals surface area contributed by atoms with E-state index in [0.29, 0.717) is 23.4 Å². The van der Waals surface area contributed by atoms with Gasteiger partial charge >= 0.3 is 5.63 Å². The lowest BCUT2D eigenvalue weighted by atomic mass is 9.92. The molecule has 4 atom stereocenters. The van der Waals surface area contributed by atoms with E-state index >= 15 is 0 Å². The van der Waals surface area contributed by atoms with Gasteiger partial charge in [0.25, 0.3) is 0 Å². The number of nitrogens with one attached hydrogen (secondary N) is 1. The van der Waals surface area contributed by atoms with Gasteiger partial charge in [-0.3, -0.25) is 4.79 Å². The van der Waals surface area contributed by atoms with E-state index in [1.807, 2.05) is 6.07 Å². The van der Waals surface area contributed by atoms with Crippen molar-refractivity contribution in [2.45, 2.75) is 60.7 Å². The van der Waals surface area contributed by atoms with Crippen LogP contribution in [0.5, 0.6) is 0 Å². The topological polar surface area (TPSA) is 191 Å². The molecule has 12 nitrogen and oxygen atoms in total. The average Bonchev–Trinajstić information content (AvgIpc) is 3.22. The molecule has 1 aliphatic rings. The zero-order valence-electron chi connectivity index (χ0n) is 19.1. The fraction of sp³-hybridized carbons (Fsp3) is 0.478. The molecule has 4 rings (SSSR count). The molecule has 3 aromatic rings. The summed E-state index contributed by atoms with van der Waals surface area (Å²) in [4.78, 5) is 24.5. The van der Waals surface area contributed by atoms with Crippen LogP contribution in [0.1, 0.15) is 24.1 Å². The van der Waals surface area contributed by atoms with Gasteiger partial charge in [0, 0.05) is 17.0 Å². The molecule has 0 fully saturated rings. The van der Waals surface area contributed by atoms with Crippen LogP contribution in [0.15, 0.2) is 33.5 Å². The molecule has 0 spiro atoms. The quantitative estimate of drug-likeness (QED) is 0.0814. The molecule has 36 heavy (non-hydrogen) atoms. The number of benzene rings is 1. The van der Waals surface area contributed by atoms with Crippen molar-refractivity contribution in [3.8, 4) is 11.3 Å². The molecule has 0 radical (unpaired) electrons. The lowest BCUT2D eigenvalue weighted by Gasteiger charge is -2.30. The van der Waals surface area contributed by atoms with Crippen molar-refractivity contribution in [3.63, 3.8) is 0 Å². The van der Waals surface area contributed by atoms with E-state index in [2.05, 4.69) is 15.6 Å². The minimum atomic E-state index is -2.16. The van der Waals surface area contributed by atoms with Crippen LogP contribution in [0, 0.1) is 0 Å². The van der Waals surface area contributed by atoms with E-state index < -0.39 is 46.6 Å². The van der Waals surface area contributed by atoms with E-state index in [1.54, 1.807) is 34.7 Å². The maximum absolute atomic E-state index is 12.8. The fourth-order valence-corrected chi connectivity index (χ4v) is 4.78. The molecule has 0 saturated carbocycles. The third-order valence-electron chi connectivity index (χ3n) is 6.25. The highest BCUT2D eigenvalue weighted by atomic mass is 127. The van der Waals surface area contributed by atoms with Crippen molar-refractivity contribution in [3.05, 3.63) is 45.9 Å². The third-order valence-corrected chi connectivity index (χ3v) is 7.38. The number of aliphatic hydroxyl groups is 5. The largest absolute Gasteiger partial charge is 0.423 e. The lowest BCUT2D eigenvalue weighted by molar-refractivity contribution is -0.140. The van der Waals surface area contributed by atoms with E-state index in [0.717, 1.165) is 35.8 Å². The highest BCUT2D eigenvalue weighted by molar-refractivity contribution is 14.1. The highest BCUT2D eigenvalue weighted by Gasteiger charge is 2.35. The Morgan fingerprint density at radius 2 is 1.89 bits per heavy atom. The standard InChI is InChI=1S/C23H27IN4O8/c24-14(10-29)21(32)22(33)20(23(34)35)25-17(30)9-28-15-4-2-1-3-11-7-12-5-6-18(31)36-16(12)8-13(11)19(15)26-27-28/h5-8,14,20-23,29,32-35H,1-4,9-10H2,(H,25,30)/t14?,20-,21-,22?/m1/s1.